The van der Waals surface area contributed by atoms with Crippen molar-refractivity contribution in [2.45, 2.75) is 38.5 Å². The van der Waals surface area contributed by atoms with Crippen LogP contribution in [0.2, 0.25) is 0 Å². The lowest BCUT2D eigenvalue weighted by molar-refractivity contribution is 0.355. The van der Waals surface area contributed by atoms with Gasteiger partial charge in [0.05, 0.1) is 25.4 Å². The molecule has 3 rings (SSSR count). The molecule has 106 valence electrons. The highest BCUT2D eigenvalue weighted by Gasteiger charge is 2.27. The quantitative estimate of drug-likeness (QED) is 0.836. The number of methoxy groups -OCH3 is 2. The lowest BCUT2D eigenvalue weighted by atomic mass is 10.1. The molecule has 4 nitrogen and oxygen atoms in total. The van der Waals surface area contributed by atoms with E-state index in [1.165, 1.54) is 12.8 Å². The van der Waals surface area contributed by atoms with Gasteiger partial charge in [-0.1, -0.05) is 13.3 Å². The Morgan fingerprint density at radius 3 is 2.40 bits per heavy atom. The van der Waals surface area contributed by atoms with Gasteiger partial charge in [0, 0.05) is 17.4 Å². The Labute approximate surface area is 119 Å². The molecule has 1 aliphatic rings. The third-order valence-electron chi connectivity index (χ3n) is 3.73. The average Bonchev–Trinajstić information content (AvgIpc) is 3.30. The van der Waals surface area contributed by atoms with Gasteiger partial charge in [0.25, 0.3) is 0 Å². The molecule has 0 unspecified atom stereocenters. The van der Waals surface area contributed by atoms with Gasteiger partial charge in [0.15, 0.2) is 11.5 Å². The predicted molar refractivity (Wildman–Crippen MR) is 78.6 cm³/mol. The summed E-state index contributed by atoms with van der Waals surface area (Å²) in [5.74, 6) is 3.01. The van der Waals surface area contributed by atoms with Crippen LogP contribution in [0.25, 0.3) is 10.9 Å². The smallest absolute Gasteiger partial charge is 0.162 e. The largest absolute Gasteiger partial charge is 0.493 e. The number of aromatic nitrogens is 2. The first-order valence-electron chi connectivity index (χ1n) is 7.19. The Balaban J connectivity index is 2.20. The summed E-state index contributed by atoms with van der Waals surface area (Å²) >= 11 is 0. The van der Waals surface area contributed by atoms with Crippen molar-refractivity contribution in [1.82, 2.24) is 9.97 Å². The van der Waals surface area contributed by atoms with Crippen molar-refractivity contribution in [3.63, 3.8) is 0 Å². The zero-order chi connectivity index (χ0) is 14.1. The van der Waals surface area contributed by atoms with Crippen molar-refractivity contribution in [3.8, 4) is 11.5 Å². The first-order chi connectivity index (χ1) is 9.76. The molecule has 0 bridgehead atoms. The highest BCUT2D eigenvalue weighted by atomic mass is 16.5. The Morgan fingerprint density at radius 1 is 1.10 bits per heavy atom. The summed E-state index contributed by atoms with van der Waals surface area (Å²) in [7, 11) is 3.31. The highest BCUT2D eigenvalue weighted by Crippen LogP contribution is 2.40. The SMILES string of the molecule is CCCc1nc(C2CC2)nc2cc(OC)c(OC)cc12. The second-order valence-corrected chi connectivity index (χ2v) is 5.28. The predicted octanol–water partition coefficient (Wildman–Crippen LogP) is 3.48. The van der Waals surface area contributed by atoms with Crippen LogP contribution < -0.4 is 9.47 Å². The summed E-state index contributed by atoms with van der Waals surface area (Å²) in [4.78, 5) is 9.49. The maximum atomic E-state index is 5.39. The minimum absolute atomic E-state index is 0.558. The Bertz CT molecular complexity index is 636. The van der Waals surface area contributed by atoms with Gasteiger partial charge in [-0.15, -0.1) is 0 Å². The summed E-state index contributed by atoms with van der Waals surface area (Å²) in [6.45, 7) is 2.17. The van der Waals surface area contributed by atoms with Gasteiger partial charge in [-0.2, -0.15) is 0 Å². The highest BCUT2D eigenvalue weighted by molar-refractivity contribution is 5.85. The normalized spacial score (nSPS) is 14.6. The van der Waals surface area contributed by atoms with E-state index >= 15 is 0 Å². The van der Waals surface area contributed by atoms with Crippen LogP contribution in [0.5, 0.6) is 11.5 Å². The summed E-state index contributed by atoms with van der Waals surface area (Å²) in [6.07, 6.45) is 4.47. The molecule has 2 aromatic rings. The molecule has 1 aliphatic carbocycles. The molecule has 0 spiro atoms. The summed E-state index contributed by atoms with van der Waals surface area (Å²) in [6, 6.07) is 3.96. The number of aryl methyl sites for hydroxylation is 1. The fourth-order valence-corrected chi connectivity index (χ4v) is 2.49. The summed E-state index contributed by atoms with van der Waals surface area (Å²) < 4.78 is 10.8. The van der Waals surface area contributed by atoms with Crippen LogP contribution in [0, 0.1) is 0 Å². The van der Waals surface area contributed by atoms with Gasteiger partial charge >= 0.3 is 0 Å². The molecular formula is C16H20N2O2. The van der Waals surface area contributed by atoms with Crippen molar-refractivity contribution in [2.75, 3.05) is 14.2 Å². The number of benzene rings is 1. The molecule has 20 heavy (non-hydrogen) atoms. The number of nitrogens with zero attached hydrogens (tertiary/aromatic N) is 2. The minimum Gasteiger partial charge on any atom is -0.493 e. The van der Waals surface area contributed by atoms with Crippen LogP contribution in [0.15, 0.2) is 12.1 Å². The first-order valence-corrected chi connectivity index (χ1v) is 7.19. The van der Waals surface area contributed by atoms with Crippen LogP contribution in [-0.4, -0.2) is 24.2 Å². The van der Waals surface area contributed by atoms with Crippen molar-refractivity contribution in [2.24, 2.45) is 0 Å². The lowest BCUT2D eigenvalue weighted by Crippen LogP contribution is -2.01. The standard InChI is InChI=1S/C16H20N2O2/c1-4-5-12-11-8-14(19-2)15(20-3)9-13(11)18-16(17-12)10-6-7-10/h8-10H,4-7H2,1-3H3. The molecule has 1 aromatic heterocycles. The van der Waals surface area contributed by atoms with Crippen LogP contribution in [0.4, 0.5) is 0 Å². The molecule has 0 aliphatic heterocycles. The Morgan fingerprint density at radius 2 is 1.80 bits per heavy atom. The first kappa shape index (κ1) is 13.2. The molecule has 0 saturated heterocycles. The van der Waals surface area contributed by atoms with E-state index in [4.69, 9.17) is 19.4 Å². The van der Waals surface area contributed by atoms with E-state index in [-0.39, 0.29) is 0 Å². The van der Waals surface area contributed by atoms with Crippen molar-refractivity contribution in [1.29, 1.82) is 0 Å². The molecule has 0 atom stereocenters. The van der Waals surface area contributed by atoms with Crippen LogP contribution >= 0.6 is 0 Å². The molecular weight excluding hydrogens is 252 g/mol. The number of ether oxygens (including phenoxy) is 2. The van der Waals surface area contributed by atoms with E-state index in [1.54, 1.807) is 14.2 Å². The third-order valence-corrected chi connectivity index (χ3v) is 3.73. The second-order valence-electron chi connectivity index (χ2n) is 5.28. The number of hydrogen-bond acceptors (Lipinski definition) is 4. The number of rotatable bonds is 5. The molecule has 4 heteroatoms. The van der Waals surface area contributed by atoms with E-state index in [2.05, 4.69) is 6.92 Å². The van der Waals surface area contributed by atoms with Gasteiger partial charge in [-0.3, -0.25) is 0 Å². The fourth-order valence-electron chi connectivity index (χ4n) is 2.49. The average molecular weight is 272 g/mol. The van der Waals surface area contributed by atoms with Gasteiger partial charge < -0.3 is 9.47 Å². The molecule has 1 fully saturated rings. The van der Waals surface area contributed by atoms with Crippen LogP contribution in [0.3, 0.4) is 0 Å². The van der Waals surface area contributed by atoms with E-state index < -0.39 is 0 Å². The third kappa shape index (κ3) is 2.30. The monoisotopic (exact) mass is 272 g/mol. The van der Waals surface area contributed by atoms with Crippen molar-refractivity contribution >= 4 is 10.9 Å². The van der Waals surface area contributed by atoms with E-state index in [0.29, 0.717) is 5.92 Å². The Hall–Kier alpha value is -1.84. The number of hydrogen-bond donors (Lipinski definition) is 0. The molecule has 1 saturated carbocycles. The van der Waals surface area contributed by atoms with Gasteiger partial charge in [-0.05, 0) is 25.3 Å². The molecule has 0 radical (unpaired) electrons. The molecule has 1 heterocycles. The minimum atomic E-state index is 0.558. The van der Waals surface area contributed by atoms with E-state index in [0.717, 1.165) is 46.8 Å². The molecule has 1 aromatic carbocycles. The van der Waals surface area contributed by atoms with Gasteiger partial charge in [-0.25, -0.2) is 9.97 Å². The second kappa shape index (κ2) is 5.27. The zero-order valence-electron chi connectivity index (χ0n) is 12.3. The van der Waals surface area contributed by atoms with Crippen molar-refractivity contribution in [3.05, 3.63) is 23.7 Å². The van der Waals surface area contributed by atoms with Crippen LogP contribution in [0.1, 0.15) is 43.6 Å². The van der Waals surface area contributed by atoms with E-state index in [1.807, 2.05) is 12.1 Å². The topological polar surface area (TPSA) is 44.2 Å². The maximum Gasteiger partial charge on any atom is 0.162 e. The lowest BCUT2D eigenvalue weighted by Gasteiger charge is -2.12. The van der Waals surface area contributed by atoms with E-state index in [9.17, 15) is 0 Å². The van der Waals surface area contributed by atoms with Gasteiger partial charge in [0.2, 0.25) is 0 Å². The molecule has 0 N–H and O–H groups in total. The number of fused-ring (bicyclic) bond motifs is 1. The van der Waals surface area contributed by atoms with Crippen LogP contribution in [-0.2, 0) is 6.42 Å². The fraction of sp³-hybridized carbons (Fsp3) is 0.500. The van der Waals surface area contributed by atoms with Gasteiger partial charge in [0.1, 0.15) is 5.82 Å². The zero-order valence-corrected chi connectivity index (χ0v) is 12.3. The summed E-state index contributed by atoms with van der Waals surface area (Å²) in [5.41, 5.74) is 2.09. The Kier molecular flexibility index (Phi) is 3.47. The summed E-state index contributed by atoms with van der Waals surface area (Å²) in [5, 5.41) is 1.08. The van der Waals surface area contributed by atoms with Crippen molar-refractivity contribution < 1.29 is 9.47 Å². The molecule has 0 amide bonds. The maximum absolute atomic E-state index is 5.39.